The monoisotopic (exact) mass is 481 g/mol. The second-order valence-corrected chi connectivity index (χ2v) is 8.19. The Bertz CT molecular complexity index is 1490. The highest BCUT2D eigenvalue weighted by Crippen LogP contribution is 2.33. The fourth-order valence-electron chi connectivity index (χ4n) is 4.32. The first kappa shape index (κ1) is 25.0. The van der Waals surface area contributed by atoms with Crippen LogP contribution in [-0.2, 0) is 29.1 Å². The summed E-state index contributed by atoms with van der Waals surface area (Å²) in [6, 6.07) is 26.1. The predicted molar refractivity (Wildman–Crippen MR) is 145 cm³/mol. The van der Waals surface area contributed by atoms with Crippen LogP contribution in [0.4, 0.5) is 0 Å². The zero-order valence-corrected chi connectivity index (χ0v) is 20.9. The molecule has 5 rings (SSSR count). The number of methoxy groups -OCH3 is 1. The number of esters is 1. The lowest BCUT2D eigenvalue weighted by Crippen LogP contribution is -2.07. The van der Waals surface area contributed by atoms with Gasteiger partial charge in [-0.1, -0.05) is 62.4 Å². The van der Waals surface area contributed by atoms with Crippen LogP contribution >= 0.6 is 0 Å². The van der Waals surface area contributed by atoms with Crippen LogP contribution in [0.5, 0.6) is 5.75 Å². The number of hydrogen-bond acceptors (Lipinski definition) is 5. The van der Waals surface area contributed by atoms with Crippen molar-refractivity contribution in [1.29, 1.82) is 0 Å². The Balaban J connectivity index is 0.00000148. The van der Waals surface area contributed by atoms with E-state index in [2.05, 4.69) is 24.3 Å². The number of ether oxygens (including phenoxy) is 2. The van der Waals surface area contributed by atoms with Crippen molar-refractivity contribution < 1.29 is 18.7 Å². The van der Waals surface area contributed by atoms with Crippen molar-refractivity contribution in [1.82, 2.24) is 0 Å². The standard InChI is InChI=1S/C29H25NO4.C2H6/c1-32-28(31)16-26-24-8-3-2-6-21(24)9-10-27(26)34-18-20-14-23-11-12-33-29(23)25(15-20)22-7-4-5-19(13-22)17-30;1-2/h2-15H,16-18,30H2,1H3;1-2H3. The number of nitrogens with two attached hydrogens (primary N) is 1. The average molecular weight is 482 g/mol. The van der Waals surface area contributed by atoms with Gasteiger partial charge in [-0.05, 0) is 57.8 Å². The van der Waals surface area contributed by atoms with Gasteiger partial charge in [-0.2, -0.15) is 0 Å². The van der Waals surface area contributed by atoms with E-state index in [1.165, 1.54) is 7.11 Å². The molecule has 2 N–H and O–H groups in total. The molecule has 0 aliphatic carbocycles. The van der Waals surface area contributed by atoms with Crippen LogP contribution in [0.3, 0.4) is 0 Å². The molecule has 0 aliphatic rings. The number of fused-ring (bicyclic) bond motifs is 2. The summed E-state index contributed by atoms with van der Waals surface area (Å²) in [6.45, 7) is 4.82. The van der Waals surface area contributed by atoms with Crippen molar-refractivity contribution in [2.75, 3.05) is 7.11 Å². The van der Waals surface area contributed by atoms with Gasteiger partial charge in [0, 0.05) is 23.1 Å². The molecule has 1 heterocycles. The van der Waals surface area contributed by atoms with Gasteiger partial charge in [-0.15, -0.1) is 0 Å². The number of carbonyl (C=O) groups is 1. The molecule has 0 fully saturated rings. The Labute approximate surface area is 211 Å². The van der Waals surface area contributed by atoms with Crippen LogP contribution in [0.1, 0.15) is 30.5 Å². The molecule has 0 atom stereocenters. The van der Waals surface area contributed by atoms with E-state index >= 15 is 0 Å². The summed E-state index contributed by atoms with van der Waals surface area (Å²) >= 11 is 0. The number of hydrogen-bond donors (Lipinski definition) is 1. The number of carbonyl (C=O) groups excluding carboxylic acids is 1. The van der Waals surface area contributed by atoms with E-state index in [0.717, 1.165) is 49.6 Å². The summed E-state index contributed by atoms with van der Waals surface area (Å²) in [7, 11) is 1.40. The molecular formula is C31H31NO4. The zero-order chi connectivity index (χ0) is 25.5. The van der Waals surface area contributed by atoms with Gasteiger partial charge in [-0.25, -0.2) is 0 Å². The maximum atomic E-state index is 12.1. The quantitative estimate of drug-likeness (QED) is 0.253. The van der Waals surface area contributed by atoms with Crippen LogP contribution in [-0.4, -0.2) is 13.1 Å². The van der Waals surface area contributed by atoms with Gasteiger partial charge in [-0.3, -0.25) is 4.79 Å². The second-order valence-electron chi connectivity index (χ2n) is 8.19. The molecular weight excluding hydrogens is 450 g/mol. The van der Waals surface area contributed by atoms with Crippen LogP contribution in [0.25, 0.3) is 32.9 Å². The molecule has 184 valence electrons. The Kier molecular flexibility index (Phi) is 8.03. The first-order valence-corrected chi connectivity index (χ1v) is 12.2. The van der Waals surface area contributed by atoms with E-state index < -0.39 is 0 Å². The summed E-state index contributed by atoms with van der Waals surface area (Å²) in [4.78, 5) is 12.1. The molecule has 0 spiro atoms. The predicted octanol–water partition coefficient (Wildman–Crippen LogP) is 7.03. The second kappa shape index (κ2) is 11.6. The minimum Gasteiger partial charge on any atom is -0.489 e. The summed E-state index contributed by atoms with van der Waals surface area (Å²) in [5, 5.41) is 3.04. The van der Waals surface area contributed by atoms with E-state index in [9.17, 15) is 4.79 Å². The molecule has 36 heavy (non-hydrogen) atoms. The molecule has 0 radical (unpaired) electrons. The molecule has 4 aromatic carbocycles. The van der Waals surface area contributed by atoms with Gasteiger partial charge in [0.1, 0.15) is 17.9 Å². The highest BCUT2D eigenvalue weighted by atomic mass is 16.5. The number of furan rings is 1. The van der Waals surface area contributed by atoms with Gasteiger partial charge in [0.15, 0.2) is 0 Å². The molecule has 0 saturated heterocycles. The largest absolute Gasteiger partial charge is 0.489 e. The van der Waals surface area contributed by atoms with Crippen molar-refractivity contribution in [2.45, 2.75) is 33.4 Å². The normalized spacial score (nSPS) is 10.7. The van der Waals surface area contributed by atoms with Crippen molar-refractivity contribution >= 4 is 27.7 Å². The van der Waals surface area contributed by atoms with Crippen LogP contribution in [0.15, 0.2) is 89.5 Å². The Morgan fingerprint density at radius 1 is 0.889 bits per heavy atom. The maximum absolute atomic E-state index is 12.1. The minimum absolute atomic E-state index is 0.144. The molecule has 0 saturated carbocycles. The molecule has 0 bridgehead atoms. The molecule has 0 unspecified atom stereocenters. The van der Waals surface area contributed by atoms with E-state index in [4.69, 9.17) is 19.6 Å². The summed E-state index contributed by atoms with van der Waals surface area (Å²) in [5.41, 5.74) is 11.6. The summed E-state index contributed by atoms with van der Waals surface area (Å²) in [5.74, 6) is 0.367. The van der Waals surface area contributed by atoms with E-state index in [1.807, 2.05) is 68.4 Å². The van der Waals surface area contributed by atoms with Crippen LogP contribution in [0.2, 0.25) is 0 Å². The fourth-order valence-corrected chi connectivity index (χ4v) is 4.32. The van der Waals surface area contributed by atoms with E-state index in [0.29, 0.717) is 18.9 Å². The maximum Gasteiger partial charge on any atom is 0.310 e. The van der Waals surface area contributed by atoms with E-state index in [-0.39, 0.29) is 12.4 Å². The topological polar surface area (TPSA) is 74.7 Å². The summed E-state index contributed by atoms with van der Waals surface area (Å²) < 4.78 is 17.0. The van der Waals surface area contributed by atoms with Crippen molar-refractivity contribution in [3.63, 3.8) is 0 Å². The van der Waals surface area contributed by atoms with Crippen molar-refractivity contribution in [2.24, 2.45) is 5.73 Å². The number of rotatable bonds is 7. The third-order valence-corrected chi connectivity index (χ3v) is 6.03. The molecule has 5 nitrogen and oxygen atoms in total. The zero-order valence-electron chi connectivity index (χ0n) is 20.9. The molecule has 5 heteroatoms. The Morgan fingerprint density at radius 3 is 2.53 bits per heavy atom. The Morgan fingerprint density at radius 2 is 1.72 bits per heavy atom. The average Bonchev–Trinajstić information content (AvgIpc) is 3.42. The highest BCUT2D eigenvalue weighted by molar-refractivity contribution is 5.93. The Hall–Kier alpha value is -4.09. The van der Waals surface area contributed by atoms with Gasteiger partial charge < -0.3 is 19.6 Å². The van der Waals surface area contributed by atoms with Gasteiger partial charge in [0.2, 0.25) is 0 Å². The SMILES string of the molecule is CC.COC(=O)Cc1c(OCc2cc(-c3cccc(CN)c3)c3occc3c2)ccc2ccccc12. The van der Waals surface area contributed by atoms with Gasteiger partial charge in [0.05, 0.1) is 19.8 Å². The first-order valence-electron chi connectivity index (χ1n) is 12.2. The molecule has 0 aliphatic heterocycles. The van der Waals surface area contributed by atoms with Gasteiger partial charge >= 0.3 is 5.97 Å². The third-order valence-electron chi connectivity index (χ3n) is 6.03. The van der Waals surface area contributed by atoms with Crippen LogP contribution in [0, 0.1) is 0 Å². The highest BCUT2D eigenvalue weighted by Gasteiger charge is 2.15. The smallest absolute Gasteiger partial charge is 0.310 e. The number of benzene rings is 4. The fraction of sp³-hybridized carbons (Fsp3) is 0.194. The molecule has 5 aromatic rings. The lowest BCUT2D eigenvalue weighted by molar-refractivity contribution is -0.139. The first-order chi connectivity index (χ1) is 17.7. The minimum atomic E-state index is -0.303. The summed E-state index contributed by atoms with van der Waals surface area (Å²) in [6.07, 6.45) is 1.84. The molecule has 0 amide bonds. The van der Waals surface area contributed by atoms with Crippen molar-refractivity contribution in [3.05, 3.63) is 102 Å². The lowest BCUT2D eigenvalue weighted by Gasteiger charge is -2.15. The van der Waals surface area contributed by atoms with E-state index in [1.54, 1.807) is 6.26 Å². The lowest BCUT2D eigenvalue weighted by atomic mass is 9.99. The van der Waals surface area contributed by atoms with Gasteiger partial charge in [0.25, 0.3) is 0 Å². The third kappa shape index (κ3) is 5.26. The van der Waals surface area contributed by atoms with Crippen molar-refractivity contribution in [3.8, 4) is 16.9 Å². The molecule has 1 aromatic heterocycles. The van der Waals surface area contributed by atoms with Crippen LogP contribution < -0.4 is 10.5 Å².